The Balaban J connectivity index is 1.51. The molecule has 3 heteroatoms. The minimum absolute atomic E-state index is 0.0791. The van der Waals surface area contributed by atoms with Gasteiger partial charge in [0.2, 0.25) is 5.91 Å². The largest absolute Gasteiger partial charge is 0.396 e. The lowest BCUT2D eigenvalue weighted by Crippen LogP contribution is -2.44. The summed E-state index contributed by atoms with van der Waals surface area (Å²) < 4.78 is 7.58. The Labute approximate surface area is 117 Å². The van der Waals surface area contributed by atoms with Crippen molar-refractivity contribution in [3.8, 4) is 0 Å². The first-order valence-corrected chi connectivity index (χ1v) is 7.52. The van der Waals surface area contributed by atoms with Gasteiger partial charge < -0.3 is 10.0 Å². The molecule has 1 amide bonds. The fraction of sp³-hybridized carbons (Fsp3) is 0.812. The zero-order valence-electron chi connectivity index (χ0n) is 12.6. The number of amides is 1. The number of likely N-dealkylation sites (tertiary alicyclic amines) is 1. The van der Waals surface area contributed by atoms with Crippen molar-refractivity contribution in [3.63, 3.8) is 0 Å². The summed E-state index contributed by atoms with van der Waals surface area (Å²) in [5.41, 5.74) is -0.258. The fourth-order valence-electron chi connectivity index (χ4n) is 3.87. The van der Waals surface area contributed by atoms with Crippen molar-refractivity contribution in [2.75, 3.05) is 19.7 Å². The molecule has 3 aliphatic rings. The lowest BCUT2D eigenvalue weighted by molar-refractivity contribution is -0.135. The number of fused-ring (bicyclic) bond motifs is 2. The topological polar surface area (TPSA) is 40.5 Å². The highest BCUT2D eigenvalue weighted by atomic mass is 16.3. The van der Waals surface area contributed by atoms with E-state index in [0.717, 1.165) is 31.8 Å². The number of carbonyl (C=O) groups is 1. The molecule has 0 spiro atoms. The van der Waals surface area contributed by atoms with Crippen molar-refractivity contribution < 1.29 is 11.3 Å². The van der Waals surface area contributed by atoms with E-state index in [1.807, 2.05) is 4.90 Å². The quantitative estimate of drug-likeness (QED) is 0.795. The Morgan fingerprint density at radius 3 is 2.74 bits per heavy atom. The molecule has 106 valence electrons. The van der Waals surface area contributed by atoms with E-state index in [0.29, 0.717) is 18.3 Å². The second kappa shape index (κ2) is 4.93. The van der Waals surface area contributed by atoms with Crippen LogP contribution in [-0.2, 0) is 4.79 Å². The standard InChI is InChI=1S/C16H25NO2/c1-16(11-18)4-6-17(7-5-16)15(19)10-14-9-12-2-3-13(14)8-12/h2-3,12-14,18H,4-11H2,1H3/i1T. The van der Waals surface area contributed by atoms with Crippen molar-refractivity contribution in [3.05, 3.63) is 12.2 Å². The van der Waals surface area contributed by atoms with Gasteiger partial charge in [-0.1, -0.05) is 19.1 Å². The number of allylic oxidation sites excluding steroid dienone is 2. The molecule has 0 radical (unpaired) electrons. The fourth-order valence-corrected chi connectivity index (χ4v) is 3.87. The molecule has 2 bridgehead atoms. The lowest BCUT2D eigenvalue weighted by Gasteiger charge is -2.38. The lowest BCUT2D eigenvalue weighted by atomic mass is 9.81. The monoisotopic (exact) mass is 265 g/mol. The summed E-state index contributed by atoms with van der Waals surface area (Å²) in [5.74, 6) is 2.20. The maximum Gasteiger partial charge on any atom is 0.222 e. The number of aliphatic hydroxyl groups excluding tert-OH is 1. The van der Waals surface area contributed by atoms with Gasteiger partial charge in [-0.3, -0.25) is 4.79 Å². The van der Waals surface area contributed by atoms with Crippen LogP contribution in [0.2, 0.25) is 0 Å². The zero-order valence-corrected chi connectivity index (χ0v) is 11.6. The minimum atomic E-state index is -0.258. The van der Waals surface area contributed by atoms with Crippen LogP contribution >= 0.6 is 0 Å². The molecule has 0 aromatic carbocycles. The van der Waals surface area contributed by atoms with E-state index >= 15 is 0 Å². The van der Waals surface area contributed by atoms with Gasteiger partial charge >= 0.3 is 0 Å². The van der Waals surface area contributed by atoms with Gasteiger partial charge in [0.15, 0.2) is 0 Å². The average Bonchev–Trinajstić information content (AvgIpc) is 3.10. The van der Waals surface area contributed by atoms with E-state index in [2.05, 4.69) is 12.2 Å². The maximum absolute atomic E-state index is 12.4. The normalized spacial score (nSPS) is 36.6. The molecule has 3 rings (SSSR count). The molecule has 2 fully saturated rings. The SMILES string of the molecule is [3H]CC1(CO)CCN(C(=O)CC2CC3C=CC2C3)CC1. The van der Waals surface area contributed by atoms with Gasteiger partial charge in [0.1, 0.15) is 0 Å². The number of hydrogen-bond donors (Lipinski definition) is 1. The van der Waals surface area contributed by atoms with Crippen LogP contribution in [0.4, 0.5) is 0 Å². The van der Waals surface area contributed by atoms with Crippen LogP contribution < -0.4 is 0 Å². The molecule has 0 aromatic rings. The van der Waals surface area contributed by atoms with E-state index in [1.54, 1.807) is 0 Å². The number of aliphatic hydroxyl groups is 1. The molecule has 3 atom stereocenters. The van der Waals surface area contributed by atoms with Crippen LogP contribution in [0.3, 0.4) is 0 Å². The Hall–Kier alpha value is -0.830. The van der Waals surface area contributed by atoms with Crippen LogP contribution in [0.1, 0.15) is 40.4 Å². The molecule has 3 nitrogen and oxygen atoms in total. The van der Waals surface area contributed by atoms with E-state index in [4.69, 9.17) is 1.37 Å². The number of carbonyl (C=O) groups excluding carboxylic acids is 1. The summed E-state index contributed by atoms with van der Waals surface area (Å²) in [7, 11) is 0. The van der Waals surface area contributed by atoms with Crippen molar-refractivity contribution >= 4 is 5.91 Å². The van der Waals surface area contributed by atoms with E-state index < -0.39 is 0 Å². The van der Waals surface area contributed by atoms with Gasteiger partial charge in [0, 0.05) is 27.5 Å². The first-order chi connectivity index (χ1) is 9.65. The number of hydrogen-bond acceptors (Lipinski definition) is 2. The minimum Gasteiger partial charge on any atom is -0.396 e. The Morgan fingerprint density at radius 1 is 1.42 bits per heavy atom. The molecule has 2 aliphatic carbocycles. The summed E-state index contributed by atoms with van der Waals surface area (Å²) in [5, 5.41) is 9.44. The predicted octanol–water partition coefficient (Wildman–Crippen LogP) is 2.21. The number of piperidine rings is 1. The molecule has 1 aliphatic heterocycles. The highest BCUT2D eigenvalue weighted by Gasteiger charge is 2.38. The van der Waals surface area contributed by atoms with Crippen molar-refractivity contribution in [2.24, 2.45) is 23.2 Å². The highest BCUT2D eigenvalue weighted by Crippen LogP contribution is 2.45. The molecule has 1 saturated heterocycles. The summed E-state index contributed by atoms with van der Waals surface area (Å²) >= 11 is 0. The number of rotatable bonds is 3. The summed E-state index contributed by atoms with van der Waals surface area (Å²) in [6, 6.07) is 0. The average molecular weight is 265 g/mol. The van der Waals surface area contributed by atoms with Crippen LogP contribution in [0.15, 0.2) is 12.2 Å². The van der Waals surface area contributed by atoms with Gasteiger partial charge in [-0.25, -0.2) is 0 Å². The molecular formula is C16H25NO2. The zero-order chi connectivity index (χ0) is 14.2. The smallest absolute Gasteiger partial charge is 0.222 e. The Bertz CT molecular complexity index is 395. The first-order valence-electron chi connectivity index (χ1n) is 8.23. The molecule has 1 heterocycles. The van der Waals surface area contributed by atoms with E-state index in [-0.39, 0.29) is 24.8 Å². The van der Waals surface area contributed by atoms with Crippen LogP contribution in [0, 0.1) is 23.2 Å². The van der Waals surface area contributed by atoms with Gasteiger partial charge in [0.25, 0.3) is 0 Å². The highest BCUT2D eigenvalue weighted by molar-refractivity contribution is 5.76. The Kier molecular flexibility index (Phi) is 3.10. The summed E-state index contributed by atoms with van der Waals surface area (Å²) in [6.07, 6.45) is 9.30. The van der Waals surface area contributed by atoms with Crippen LogP contribution in [-0.4, -0.2) is 35.6 Å². The molecule has 3 unspecified atom stereocenters. The van der Waals surface area contributed by atoms with Crippen molar-refractivity contribution in [1.82, 2.24) is 4.90 Å². The molecule has 19 heavy (non-hydrogen) atoms. The van der Waals surface area contributed by atoms with Gasteiger partial charge in [-0.05, 0) is 48.9 Å². The predicted molar refractivity (Wildman–Crippen MR) is 74.5 cm³/mol. The van der Waals surface area contributed by atoms with Gasteiger partial charge in [-0.2, -0.15) is 0 Å². The molecule has 1 saturated carbocycles. The second-order valence-corrected chi connectivity index (χ2v) is 6.78. The van der Waals surface area contributed by atoms with E-state index in [9.17, 15) is 9.90 Å². The van der Waals surface area contributed by atoms with Crippen molar-refractivity contribution in [1.29, 1.82) is 0 Å². The third-order valence-corrected chi connectivity index (χ3v) is 5.37. The Morgan fingerprint density at radius 2 is 2.21 bits per heavy atom. The summed E-state index contributed by atoms with van der Waals surface area (Å²) in [4.78, 5) is 14.4. The third kappa shape index (κ3) is 2.58. The summed E-state index contributed by atoms with van der Waals surface area (Å²) in [6.45, 7) is 1.78. The second-order valence-electron chi connectivity index (χ2n) is 6.78. The molecular weight excluding hydrogens is 238 g/mol. The van der Waals surface area contributed by atoms with Crippen LogP contribution in [0.5, 0.6) is 0 Å². The molecule has 0 aromatic heterocycles. The maximum atomic E-state index is 12.4. The molecule has 1 N–H and O–H groups in total. The number of nitrogens with zero attached hydrogens (tertiary/aromatic N) is 1. The van der Waals surface area contributed by atoms with Crippen LogP contribution in [0.25, 0.3) is 0 Å². The van der Waals surface area contributed by atoms with Gasteiger partial charge in [0.05, 0.1) is 0 Å². The third-order valence-electron chi connectivity index (χ3n) is 5.37. The first kappa shape index (κ1) is 12.0. The van der Waals surface area contributed by atoms with Gasteiger partial charge in [-0.15, -0.1) is 0 Å². The van der Waals surface area contributed by atoms with E-state index in [1.165, 1.54) is 12.8 Å². The van der Waals surface area contributed by atoms with Crippen molar-refractivity contribution in [2.45, 2.75) is 39.0 Å².